The molecule has 5 nitrogen and oxygen atoms in total. The van der Waals surface area contributed by atoms with E-state index in [2.05, 4.69) is 46.8 Å². The smallest absolute Gasteiger partial charge is 0.124 e. The monoisotopic (exact) mass is 406 g/mol. The first-order valence-corrected chi connectivity index (χ1v) is 11.6. The van der Waals surface area contributed by atoms with Crippen molar-refractivity contribution in [3.05, 3.63) is 53.3 Å². The van der Waals surface area contributed by atoms with Crippen molar-refractivity contribution in [3.8, 4) is 5.75 Å². The van der Waals surface area contributed by atoms with Gasteiger partial charge in [-0.1, -0.05) is 38.7 Å². The summed E-state index contributed by atoms with van der Waals surface area (Å²) in [6.45, 7) is 5.83. The number of unbranched alkanes of at least 4 members (excludes halogenated alkanes) is 4. The van der Waals surface area contributed by atoms with Gasteiger partial charge in [0.05, 0.1) is 19.0 Å². The molecule has 0 saturated carbocycles. The molecule has 2 aromatic rings. The van der Waals surface area contributed by atoms with Crippen molar-refractivity contribution >= 4 is 11.5 Å². The van der Waals surface area contributed by atoms with Crippen LogP contribution in [0.5, 0.6) is 5.75 Å². The second-order valence-electron chi connectivity index (χ2n) is 8.25. The topological polar surface area (TPSA) is 58.5 Å². The van der Waals surface area contributed by atoms with Crippen LogP contribution >= 0.6 is 0 Å². The number of benzene rings is 1. The summed E-state index contributed by atoms with van der Waals surface area (Å²) >= 11 is 0. The van der Waals surface area contributed by atoms with Crippen molar-refractivity contribution in [2.45, 2.75) is 57.8 Å². The fourth-order valence-electron chi connectivity index (χ4n) is 4.43. The molecule has 4 rings (SSSR count). The van der Waals surface area contributed by atoms with Crippen LogP contribution in [0.4, 0.5) is 5.69 Å². The van der Waals surface area contributed by atoms with Crippen LogP contribution in [0.3, 0.4) is 0 Å². The van der Waals surface area contributed by atoms with Gasteiger partial charge >= 0.3 is 0 Å². The van der Waals surface area contributed by atoms with E-state index in [0.717, 1.165) is 62.0 Å². The maximum atomic E-state index is 5.99. The summed E-state index contributed by atoms with van der Waals surface area (Å²) in [5.74, 6) is 2.30. The van der Waals surface area contributed by atoms with Crippen molar-refractivity contribution in [2.75, 3.05) is 31.6 Å². The number of hydrogen-bond donors (Lipinski definition) is 2. The Morgan fingerprint density at radius 1 is 1.17 bits per heavy atom. The molecular weight excluding hydrogens is 372 g/mol. The number of fused-ring (bicyclic) bond motifs is 1. The minimum atomic E-state index is 0.178. The molecule has 0 saturated heterocycles. The Morgan fingerprint density at radius 2 is 2.10 bits per heavy atom. The first-order valence-electron chi connectivity index (χ1n) is 11.6. The van der Waals surface area contributed by atoms with Crippen molar-refractivity contribution in [2.24, 2.45) is 4.99 Å². The molecule has 0 fully saturated rings. The Labute approximate surface area is 180 Å². The van der Waals surface area contributed by atoms with Crippen molar-refractivity contribution in [1.29, 1.82) is 0 Å². The van der Waals surface area contributed by atoms with Gasteiger partial charge in [0.15, 0.2) is 0 Å². The molecule has 0 spiro atoms. The molecule has 2 aliphatic heterocycles. The highest BCUT2D eigenvalue weighted by atomic mass is 16.5. The number of hydrogen-bond acceptors (Lipinski definition) is 5. The van der Waals surface area contributed by atoms with E-state index in [1.54, 1.807) is 0 Å². The van der Waals surface area contributed by atoms with E-state index in [1.807, 2.05) is 12.3 Å². The lowest BCUT2D eigenvalue weighted by atomic mass is 9.86. The van der Waals surface area contributed by atoms with Gasteiger partial charge in [0.25, 0.3) is 0 Å². The van der Waals surface area contributed by atoms with E-state index in [4.69, 9.17) is 9.72 Å². The SMILES string of the molecule is CCCCCCCNc1cc2c(c(C(CC3=NCCN3)c3ccccn3)c1)CCO2. The van der Waals surface area contributed by atoms with Gasteiger partial charge in [-0.25, -0.2) is 0 Å². The van der Waals surface area contributed by atoms with Crippen molar-refractivity contribution in [3.63, 3.8) is 0 Å². The quantitative estimate of drug-likeness (QED) is 0.520. The third-order valence-corrected chi connectivity index (χ3v) is 6.02. The van der Waals surface area contributed by atoms with E-state index in [9.17, 15) is 0 Å². The van der Waals surface area contributed by atoms with Crippen LogP contribution in [0, 0.1) is 0 Å². The molecule has 30 heavy (non-hydrogen) atoms. The van der Waals surface area contributed by atoms with E-state index < -0.39 is 0 Å². The van der Waals surface area contributed by atoms with E-state index >= 15 is 0 Å². The fraction of sp³-hybridized carbons (Fsp3) is 0.520. The maximum absolute atomic E-state index is 5.99. The lowest BCUT2D eigenvalue weighted by Crippen LogP contribution is -2.22. The average molecular weight is 407 g/mol. The lowest BCUT2D eigenvalue weighted by Gasteiger charge is -2.21. The Bertz CT molecular complexity index is 850. The first-order chi connectivity index (χ1) is 14.8. The number of aliphatic imine (C=N–C) groups is 1. The molecule has 1 aromatic heterocycles. The second kappa shape index (κ2) is 10.5. The molecule has 0 bridgehead atoms. The molecule has 0 amide bonds. The number of pyridine rings is 1. The molecule has 3 heterocycles. The van der Waals surface area contributed by atoms with Crippen LogP contribution in [0.2, 0.25) is 0 Å². The molecular formula is C25H34N4O. The Kier molecular flexibility index (Phi) is 7.22. The molecule has 2 N–H and O–H groups in total. The minimum Gasteiger partial charge on any atom is -0.493 e. The first kappa shape index (κ1) is 20.7. The highest BCUT2D eigenvalue weighted by Gasteiger charge is 2.27. The van der Waals surface area contributed by atoms with Gasteiger partial charge < -0.3 is 15.4 Å². The fourth-order valence-corrected chi connectivity index (χ4v) is 4.43. The molecule has 1 aromatic carbocycles. The van der Waals surface area contributed by atoms with Gasteiger partial charge in [0, 0.05) is 61.1 Å². The summed E-state index contributed by atoms with van der Waals surface area (Å²) in [4.78, 5) is 9.37. The summed E-state index contributed by atoms with van der Waals surface area (Å²) in [7, 11) is 0. The van der Waals surface area contributed by atoms with E-state index in [0.29, 0.717) is 0 Å². The van der Waals surface area contributed by atoms with Gasteiger partial charge in [0.2, 0.25) is 0 Å². The Morgan fingerprint density at radius 3 is 2.90 bits per heavy atom. The zero-order valence-electron chi connectivity index (χ0n) is 18.1. The summed E-state index contributed by atoms with van der Waals surface area (Å²) in [6, 6.07) is 10.7. The van der Waals surface area contributed by atoms with Crippen LogP contribution in [-0.2, 0) is 6.42 Å². The summed E-state index contributed by atoms with van der Waals surface area (Å²) in [6.07, 6.45) is 10.1. The van der Waals surface area contributed by atoms with Gasteiger partial charge in [-0.2, -0.15) is 0 Å². The summed E-state index contributed by atoms with van der Waals surface area (Å²) in [5.41, 5.74) is 4.91. The molecule has 160 valence electrons. The number of nitrogens with one attached hydrogen (secondary N) is 2. The number of nitrogens with zero attached hydrogens (tertiary/aromatic N) is 2. The summed E-state index contributed by atoms with van der Waals surface area (Å²) < 4.78 is 5.99. The van der Waals surface area contributed by atoms with Crippen LogP contribution in [0.25, 0.3) is 0 Å². The highest BCUT2D eigenvalue weighted by Crippen LogP contribution is 2.39. The number of aromatic nitrogens is 1. The van der Waals surface area contributed by atoms with E-state index in [1.165, 1.54) is 43.2 Å². The van der Waals surface area contributed by atoms with Crippen LogP contribution in [0.1, 0.15) is 68.2 Å². The van der Waals surface area contributed by atoms with Crippen LogP contribution < -0.4 is 15.4 Å². The lowest BCUT2D eigenvalue weighted by molar-refractivity contribution is 0.357. The average Bonchev–Trinajstić information content (AvgIpc) is 3.46. The Hall–Kier alpha value is -2.56. The second-order valence-corrected chi connectivity index (χ2v) is 8.25. The standard InChI is InChI=1S/C25H34N4O/c1-2-3-4-5-7-11-26-19-16-21(20-10-15-30-24(20)17-19)22(18-25-28-13-14-29-25)23-9-6-8-12-27-23/h6,8-9,12,16-17,22,26H,2-5,7,10-11,13-15,18H2,1H3,(H,28,29). The third kappa shape index (κ3) is 5.13. The van der Waals surface area contributed by atoms with E-state index in [-0.39, 0.29) is 5.92 Å². The van der Waals surface area contributed by atoms with Gasteiger partial charge in [-0.3, -0.25) is 9.98 Å². The van der Waals surface area contributed by atoms with Crippen LogP contribution in [-0.4, -0.2) is 37.1 Å². The molecule has 2 aliphatic rings. The largest absolute Gasteiger partial charge is 0.493 e. The number of rotatable bonds is 11. The highest BCUT2D eigenvalue weighted by molar-refractivity contribution is 5.85. The minimum absolute atomic E-state index is 0.178. The van der Waals surface area contributed by atoms with Gasteiger partial charge in [-0.15, -0.1) is 0 Å². The summed E-state index contributed by atoms with van der Waals surface area (Å²) in [5, 5.41) is 7.09. The molecule has 0 aliphatic carbocycles. The zero-order valence-corrected chi connectivity index (χ0v) is 18.1. The normalized spacial score (nSPS) is 15.8. The van der Waals surface area contributed by atoms with Crippen LogP contribution in [0.15, 0.2) is 41.5 Å². The predicted octanol–water partition coefficient (Wildman–Crippen LogP) is 4.92. The third-order valence-electron chi connectivity index (χ3n) is 6.02. The molecule has 0 radical (unpaired) electrons. The number of amidine groups is 1. The predicted molar refractivity (Wildman–Crippen MR) is 124 cm³/mol. The maximum Gasteiger partial charge on any atom is 0.124 e. The zero-order chi connectivity index (χ0) is 20.6. The van der Waals surface area contributed by atoms with Gasteiger partial charge in [-0.05, 0) is 30.2 Å². The Balaban J connectivity index is 1.57. The molecule has 5 heteroatoms. The molecule has 1 atom stereocenters. The van der Waals surface area contributed by atoms with Crippen molar-refractivity contribution in [1.82, 2.24) is 10.3 Å². The van der Waals surface area contributed by atoms with Gasteiger partial charge in [0.1, 0.15) is 5.75 Å². The number of anilines is 1. The number of ether oxygens (including phenoxy) is 1. The van der Waals surface area contributed by atoms with Crippen molar-refractivity contribution < 1.29 is 4.74 Å². The molecule has 1 unspecified atom stereocenters.